The second kappa shape index (κ2) is 8.14. The van der Waals surface area contributed by atoms with E-state index >= 15 is 0 Å². The first-order chi connectivity index (χ1) is 12.3. The molecule has 2 aromatic carbocycles. The minimum absolute atomic E-state index is 0.0436. The maximum atomic E-state index is 12.3. The van der Waals surface area contributed by atoms with Crippen LogP contribution in [0, 0.1) is 21.4 Å². The summed E-state index contributed by atoms with van der Waals surface area (Å²) in [5.74, 6) is -1.62. The average molecular weight is 371 g/mol. The van der Waals surface area contributed by atoms with E-state index in [1.807, 2.05) is 30.3 Å². The van der Waals surface area contributed by atoms with E-state index in [0.717, 1.165) is 17.7 Å². The van der Waals surface area contributed by atoms with Crippen molar-refractivity contribution in [1.82, 2.24) is 5.32 Å². The Kier molecular flexibility index (Phi) is 5.94. The van der Waals surface area contributed by atoms with Gasteiger partial charge in [0.2, 0.25) is 0 Å². The number of hydrogen-bond donors (Lipinski definition) is 1. The molecule has 0 aliphatic heterocycles. The molecule has 0 saturated heterocycles. The van der Waals surface area contributed by atoms with E-state index in [1.54, 1.807) is 13.0 Å². The standard InChI is InChI=1S/C18H14ClN3O4/c1-11(12-5-3-2-4-6-12)21-18(24)14(10-20)7-13-8-15(19)9-16(17(13)23)22(25)26/h2-9,11,23H,1H3,(H,21,24)/p-1/b14-7+/t11-/m0/s1. The summed E-state index contributed by atoms with van der Waals surface area (Å²) in [6.45, 7) is 1.74. The first kappa shape index (κ1) is 19.0. The van der Waals surface area contributed by atoms with Gasteiger partial charge in [-0.25, -0.2) is 0 Å². The maximum Gasteiger partial charge on any atom is 0.263 e. The molecule has 1 N–H and O–H groups in total. The van der Waals surface area contributed by atoms with Crippen molar-refractivity contribution in [2.24, 2.45) is 0 Å². The van der Waals surface area contributed by atoms with Crippen molar-refractivity contribution in [2.75, 3.05) is 0 Å². The highest BCUT2D eigenvalue weighted by Gasteiger charge is 2.16. The van der Waals surface area contributed by atoms with E-state index < -0.39 is 22.3 Å². The Labute approximate surface area is 154 Å². The quantitative estimate of drug-likeness (QED) is 0.375. The molecule has 1 amide bonds. The molecule has 0 aliphatic carbocycles. The number of carbonyl (C=O) groups excluding carboxylic acids is 1. The predicted octanol–water partition coefficient (Wildman–Crippen LogP) is 3.11. The molecule has 2 aromatic rings. The zero-order valence-corrected chi connectivity index (χ0v) is 14.4. The third-order valence-corrected chi connectivity index (χ3v) is 3.79. The largest absolute Gasteiger partial charge is 0.867 e. The summed E-state index contributed by atoms with van der Waals surface area (Å²) in [6, 6.07) is 12.5. The molecule has 0 fully saturated rings. The van der Waals surface area contributed by atoms with Crippen LogP contribution in [0.4, 0.5) is 5.69 Å². The summed E-state index contributed by atoms with van der Waals surface area (Å²) in [6.07, 6.45) is 0.994. The molecule has 0 unspecified atom stereocenters. The normalized spacial score (nSPS) is 12.1. The molecule has 2 rings (SSSR count). The lowest BCUT2D eigenvalue weighted by atomic mass is 10.1. The number of nitrogens with one attached hydrogen (secondary N) is 1. The van der Waals surface area contributed by atoms with Crippen molar-refractivity contribution in [3.8, 4) is 11.8 Å². The summed E-state index contributed by atoms with van der Waals surface area (Å²) in [5.41, 5.74) is -0.454. The fourth-order valence-corrected chi connectivity index (χ4v) is 2.47. The van der Waals surface area contributed by atoms with Crippen LogP contribution in [-0.4, -0.2) is 10.8 Å². The van der Waals surface area contributed by atoms with Gasteiger partial charge >= 0.3 is 0 Å². The zero-order valence-electron chi connectivity index (χ0n) is 13.6. The van der Waals surface area contributed by atoms with E-state index in [2.05, 4.69) is 5.32 Å². The second-order valence-corrected chi connectivity index (χ2v) is 5.81. The van der Waals surface area contributed by atoms with Gasteiger partial charge in [0, 0.05) is 11.1 Å². The highest BCUT2D eigenvalue weighted by atomic mass is 35.5. The highest BCUT2D eigenvalue weighted by Crippen LogP contribution is 2.32. The van der Waals surface area contributed by atoms with Gasteiger partial charge in [0.25, 0.3) is 11.6 Å². The van der Waals surface area contributed by atoms with Crippen molar-refractivity contribution >= 4 is 29.3 Å². The van der Waals surface area contributed by atoms with Crippen molar-refractivity contribution in [3.63, 3.8) is 0 Å². The molecule has 1 atom stereocenters. The fraction of sp³-hybridized carbons (Fsp3) is 0.111. The lowest BCUT2D eigenvalue weighted by Gasteiger charge is -2.15. The zero-order chi connectivity index (χ0) is 19.3. The van der Waals surface area contributed by atoms with Crippen LogP contribution in [0.15, 0.2) is 48.0 Å². The molecule has 8 heteroatoms. The van der Waals surface area contributed by atoms with Gasteiger partial charge in [-0.2, -0.15) is 5.26 Å². The van der Waals surface area contributed by atoms with Crippen LogP contribution in [0.2, 0.25) is 5.02 Å². The lowest BCUT2D eigenvalue weighted by molar-refractivity contribution is -0.398. The minimum atomic E-state index is -0.920. The maximum absolute atomic E-state index is 12.3. The minimum Gasteiger partial charge on any atom is -0.867 e. The van der Waals surface area contributed by atoms with E-state index in [1.165, 1.54) is 6.07 Å². The number of nitriles is 1. The molecule has 7 nitrogen and oxygen atoms in total. The summed E-state index contributed by atoms with van der Waals surface area (Å²) in [5, 5.41) is 34.8. The average Bonchev–Trinajstić information content (AvgIpc) is 2.62. The Balaban J connectivity index is 2.32. The van der Waals surface area contributed by atoms with E-state index in [0.29, 0.717) is 0 Å². The SMILES string of the molecule is C[C@H](NC(=O)/C(C#N)=C/c1cc(Cl)cc([N+](=O)[O-])c1[O-])c1ccccc1. The number of nitro groups is 1. The van der Waals surface area contributed by atoms with Crippen LogP contribution < -0.4 is 10.4 Å². The van der Waals surface area contributed by atoms with Crippen LogP contribution in [0.5, 0.6) is 5.75 Å². The van der Waals surface area contributed by atoms with Crippen LogP contribution >= 0.6 is 11.6 Å². The molecule has 0 heterocycles. The van der Waals surface area contributed by atoms with Gasteiger partial charge in [0.15, 0.2) is 0 Å². The van der Waals surface area contributed by atoms with E-state index in [9.17, 15) is 25.3 Å². The predicted molar refractivity (Wildman–Crippen MR) is 94.1 cm³/mol. The molecule has 132 valence electrons. The number of hydrogen-bond acceptors (Lipinski definition) is 5. The Morgan fingerprint density at radius 1 is 1.35 bits per heavy atom. The smallest absolute Gasteiger partial charge is 0.263 e. The Morgan fingerprint density at radius 2 is 2.00 bits per heavy atom. The molecular weight excluding hydrogens is 358 g/mol. The Bertz CT molecular complexity index is 920. The molecule has 0 radical (unpaired) electrons. The molecular formula is C18H13ClN3O4-. The van der Waals surface area contributed by atoms with Gasteiger partial charge < -0.3 is 10.4 Å². The van der Waals surface area contributed by atoms with Crippen molar-refractivity contribution in [1.29, 1.82) is 5.26 Å². The molecule has 0 aliphatic rings. The van der Waals surface area contributed by atoms with Gasteiger partial charge in [0.1, 0.15) is 11.6 Å². The number of nitro benzene ring substituents is 1. The van der Waals surface area contributed by atoms with E-state index in [4.69, 9.17) is 11.6 Å². The molecule has 0 aromatic heterocycles. The van der Waals surface area contributed by atoms with Gasteiger partial charge in [-0.05, 0) is 35.9 Å². The third kappa shape index (κ3) is 4.37. The first-order valence-corrected chi connectivity index (χ1v) is 7.83. The summed E-state index contributed by atoms with van der Waals surface area (Å²) in [7, 11) is 0. The number of amides is 1. The molecule has 0 bridgehead atoms. The van der Waals surface area contributed by atoms with Crippen LogP contribution in [0.1, 0.15) is 24.1 Å². The Hall–Kier alpha value is -3.37. The van der Waals surface area contributed by atoms with Gasteiger partial charge in [-0.3, -0.25) is 14.9 Å². The topological polar surface area (TPSA) is 119 Å². The van der Waals surface area contributed by atoms with Gasteiger partial charge in [0.05, 0.1) is 11.0 Å². The molecule has 0 spiro atoms. The monoisotopic (exact) mass is 370 g/mol. The van der Waals surface area contributed by atoms with Crippen molar-refractivity contribution < 1.29 is 14.8 Å². The van der Waals surface area contributed by atoms with Crippen LogP contribution in [-0.2, 0) is 4.79 Å². The number of carbonyl (C=O) groups is 1. The number of nitrogens with zero attached hydrogens (tertiary/aromatic N) is 2. The Morgan fingerprint density at radius 3 is 2.58 bits per heavy atom. The van der Waals surface area contributed by atoms with Crippen molar-refractivity contribution in [3.05, 3.63) is 74.3 Å². The number of halogens is 1. The first-order valence-electron chi connectivity index (χ1n) is 7.46. The number of rotatable bonds is 5. The summed E-state index contributed by atoms with van der Waals surface area (Å²) >= 11 is 5.78. The number of benzene rings is 2. The fourth-order valence-electron chi connectivity index (χ4n) is 2.25. The van der Waals surface area contributed by atoms with Crippen LogP contribution in [0.25, 0.3) is 6.08 Å². The summed E-state index contributed by atoms with van der Waals surface area (Å²) in [4.78, 5) is 22.3. The van der Waals surface area contributed by atoms with Crippen LogP contribution in [0.3, 0.4) is 0 Å². The van der Waals surface area contributed by atoms with Crippen molar-refractivity contribution in [2.45, 2.75) is 13.0 Å². The second-order valence-electron chi connectivity index (χ2n) is 5.38. The molecule has 0 saturated carbocycles. The third-order valence-electron chi connectivity index (χ3n) is 3.57. The van der Waals surface area contributed by atoms with Gasteiger partial charge in [-0.1, -0.05) is 41.9 Å². The van der Waals surface area contributed by atoms with E-state index in [-0.39, 0.29) is 22.2 Å². The van der Waals surface area contributed by atoms with Gasteiger partial charge in [-0.15, -0.1) is 0 Å². The molecule has 26 heavy (non-hydrogen) atoms. The lowest BCUT2D eigenvalue weighted by Crippen LogP contribution is -2.27. The summed E-state index contributed by atoms with van der Waals surface area (Å²) < 4.78 is 0. The highest BCUT2D eigenvalue weighted by molar-refractivity contribution is 6.31.